The Morgan fingerprint density at radius 2 is 1.89 bits per heavy atom. The molecule has 1 amide bonds. The van der Waals surface area contributed by atoms with Crippen LogP contribution in [0, 0.1) is 12.8 Å². The van der Waals surface area contributed by atoms with Gasteiger partial charge in [0.15, 0.2) is 0 Å². The molecule has 1 rings (SSSR count). The van der Waals surface area contributed by atoms with Crippen LogP contribution in [0.25, 0.3) is 0 Å². The highest BCUT2D eigenvalue weighted by Crippen LogP contribution is 2.26. The first-order valence-corrected chi connectivity index (χ1v) is 7.33. The van der Waals surface area contributed by atoms with Gasteiger partial charge in [-0.25, -0.2) is 0 Å². The van der Waals surface area contributed by atoms with Crippen molar-refractivity contribution in [1.82, 2.24) is 4.90 Å². The Bertz CT molecular complexity index is 403. The van der Waals surface area contributed by atoms with Crippen molar-refractivity contribution in [1.29, 1.82) is 0 Å². The van der Waals surface area contributed by atoms with Gasteiger partial charge in [-0.05, 0) is 50.1 Å². The number of benzene rings is 1. The van der Waals surface area contributed by atoms with Crippen molar-refractivity contribution in [2.75, 3.05) is 6.54 Å². The maximum Gasteiger partial charge on any atom is 0.286 e. The summed E-state index contributed by atoms with van der Waals surface area (Å²) in [6.45, 7) is 11.3. The van der Waals surface area contributed by atoms with Crippen molar-refractivity contribution in [2.24, 2.45) is 5.92 Å². The number of thioether (sulfide) groups is 1. The van der Waals surface area contributed by atoms with Gasteiger partial charge in [0.2, 0.25) is 0 Å². The average molecular weight is 265 g/mol. The molecule has 2 nitrogen and oxygen atoms in total. The monoisotopic (exact) mass is 265 g/mol. The highest BCUT2D eigenvalue weighted by atomic mass is 32.2. The molecule has 0 aliphatic carbocycles. The highest BCUT2D eigenvalue weighted by molar-refractivity contribution is 8.13. The van der Waals surface area contributed by atoms with Gasteiger partial charge in [0, 0.05) is 17.5 Å². The molecule has 0 bridgehead atoms. The summed E-state index contributed by atoms with van der Waals surface area (Å²) >= 11 is 1.34. The number of nitrogens with zero attached hydrogens (tertiary/aromatic N) is 1. The Morgan fingerprint density at radius 3 is 2.39 bits per heavy atom. The van der Waals surface area contributed by atoms with Crippen LogP contribution in [-0.2, 0) is 0 Å². The topological polar surface area (TPSA) is 20.3 Å². The molecule has 0 N–H and O–H groups in total. The van der Waals surface area contributed by atoms with Crippen LogP contribution < -0.4 is 0 Å². The van der Waals surface area contributed by atoms with Crippen molar-refractivity contribution in [3.63, 3.8) is 0 Å². The lowest BCUT2D eigenvalue weighted by Gasteiger charge is -2.30. The number of rotatable bonds is 4. The van der Waals surface area contributed by atoms with Gasteiger partial charge in [-0.2, -0.15) is 0 Å². The molecule has 0 saturated carbocycles. The van der Waals surface area contributed by atoms with Crippen LogP contribution >= 0.6 is 11.8 Å². The van der Waals surface area contributed by atoms with Gasteiger partial charge in [-0.3, -0.25) is 4.79 Å². The molecule has 0 saturated heterocycles. The van der Waals surface area contributed by atoms with E-state index >= 15 is 0 Å². The minimum atomic E-state index is 0.146. The molecule has 3 heteroatoms. The summed E-state index contributed by atoms with van der Waals surface area (Å²) in [5, 5.41) is 0.146. The molecule has 0 radical (unpaired) electrons. The molecule has 1 atom stereocenters. The lowest BCUT2D eigenvalue weighted by atomic mass is 10.1. The van der Waals surface area contributed by atoms with Gasteiger partial charge < -0.3 is 4.90 Å². The molecule has 1 aromatic rings. The zero-order valence-corrected chi connectivity index (χ0v) is 12.8. The van der Waals surface area contributed by atoms with Crippen LogP contribution in [0.5, 0.6) is 0 Å². The van der Waals surface area contributed by atoms with E-state index in [4.69, 9.17) is 0 Å². The third-order valence-corrected chi connectivity index (χ3v) is 4.41. The standard InChI is InChI=1S/C15H23NOS/c1-6-16(13(5)11(2)3)15(17)18-14-10-8-7-9-12(14)4/h7-11,13H,6H2,1-5H3. The molecule has 0 spiro atoms. The largest absolute Gasteiger partial charge is 0.331 e. The zero-order valence-electron chi connectivity index (χ0n) is 11.9. The van der Waals surface area contributed by atoms with Crippen LogP contribution in [0.4, 0.5) is 4.79 Å². The summed E-state index contributed by atoms with van der Waals surface area (Å²) in [6, 6.07) is 8.30. The second-order valence-electron chi connectivity index (χ2n) is 4.90. The van der Waals surface area contributed by atoms with E-state index in [1.165, 1.54) is 11.8 Å². The number of carbonyl (C=O) groups is 1. The minimum absolute atomic E-state index is 0.146. The van der Waals surface area contributed by atoms with Crippen LogP contribution in [0.2, 0.25) is 0 Å². The number of carbonyl (C=O) groups excluding carboxylic acids is 1. The van der Waals surface area contributed by atoms with Crippen LogP contribution in [0.15, 0.2) is 29.2 Å². The molecule has 0 aliphatic rings. The van der Waals surface area contributed by atoms with Crippen molar-refractivity contribution in [3.8, 4) is 0 Å². The lowest BCUT2D eigenvalue weighted by molar-refractivity contribution is 0.190. The second-order valence-corrected chi connectivity index (χ2v) is 5.90. The maximum absolute atomic E-state index is 12.3. The molecule has 0 aromatic heterocycles. The van der Waals surface area contributed by atoms with E-state index in [0.29, 0.717) is 5.92 Å². The van der Waals surface area contributed by atoms with E-state index in [0.717, 1.165) is 17.0 Å². The van der Waals surface area contributed by atoms with Gasteiger partial charge in [-0.1, -0.05) is 32.0 Å². The van der Waals surface area contributed by atoms with E-state index in [1.807, 2.05) is 43.0 Å². The van der Waals surface area contributed by atoms with E-state index < -0.39 is 0 Å². The first kappa shape index (κ1) is 15.1. The van der Waals surface area contributed by atoms with Crippen molar-refractivity contribution in [3.05, 3.63) is 29.8 Å². The molecule has 100 valence electrons. The fraction of sp³-hybridized carbons (Fsp3) is 0.533. The lowest BCUT2D eigenvalue weighted by Crippen LogP contribution is -2.39. The number of aryl methyl sites for hydroxylation is 1. The third-order valence-electron chi connectivity index (χ3n) is 3.32. The van der Waals surface area contributed by atoms with E-state index in [9.17, 15) is 4.79 Å². The summed E-state index contributed by atoms with van der Waals surface area (Å²) in [5.41, 5.74) is 1.16. The molecule has 0 fully saturated rings. The smallest absolute Gasteiger partial charge is 0.286 e. The molecule has 18 heavy (non-hydrogen) atoms. The Morgan fingerprint density at radius 1 is 1.28 bits per heavy atom. The fourth-order valence-electron chi connectivity index (χ4n) is 1.77. The van der Waals surface area contributed by atoms with E-state index in [1.54, 1.807) is 0 Å². The van der Waals surface area contributed by atoms with Gasteiger partial charge >= 0.3 is 0 Å². The van der Waals surface area contributed by atoms with Gasteiger partial charge in [0.25, 0.3) is 5.24 Å². The van der Waals surface area contributed by atoms with Crippen molar-refractivity contribution >= 4 is 17.0 Å². The van der Waals surface area contributed by atoms with Gasteiger partial charge in [-0.15, -0.1) is 0 Å². The average Bonchev–Trinajstić information content (AvgIpc) is 2.32. The SMILES string of the molecule is CCN(C(=O)Sc1ccccc1C)C(C)C(C)C. The quantitative estimate of drug-likeness (QED) is 0.743. The Balaban J connectivity index is 2.78. The summed E-state index contributed by atoms with van der Waals surface area (Å²) in [4.78, 5) is 15.3. The maximum atomic E-state index is 12.3. The zero-order chi connectivity index (χ0) is 13.7. The molecular weight excluding hydrogens is 242 g/mol. The molecule has 1 aromatic carbocycles. The van der Waals surface area contributed by atoms with E-state index in [2.05, 4.69) is 20.8 Å². The van der Waals surface area contributed by atoms with Gasteiger partial charge in [0.1, 0.15) is 0 Å². The molecule has 1 unspecified atom stereocenters. The first-order chi connectivity index (χ1) is 8.47. The summed E-state index contributed by atoms with van der Waals surface area (Å²) in [7, 11) is 0. The van der Waals surface area contributed by atoms with Crippen LogP contribution in [-0.4, -0.2) is 22.7 Å². The van der Waals surface area contributed by atoms with Gasteiger partial charge in [0.05, 0.1) is 0 Å². The Labute approximate surface area is 115 Å². The minimum Gasteiger partial charge on any atom is -0.331 e. The molecular formula is C15H23NOS. The highest BCUT2D eigenvalue weighted by Gasteiger charge is 2.22. The predicted octanol–water partition coefficient (Wildman–Crippen LogP) is 4.57. The Hall–Kier alpha value is -0.960. The van der Waals surface area contributed by atoms with Crippen LogP contribution in [0.3, 0.4) is 0 Å². The van der Waals surface area contributed by atoms with Crippen molar-refractivity contribution < 1.29 is 4.79 Å². The molecule has 0 heterocycles. The van der Waals surface area contributed by atoms with Crippen LogP contribution in [0.1, 0.15) is 33.3 Å². The normalized spacial score (nSPS) is 12.6. The van der Waals surface area contributed by atoms with Crippen molar-refractivity contribution in [2.45, 2.75) is 45.6 Å². The second kappa shape index (κ2) is 6.83. The Kier molecular flexibility index (Phi) is 5.73. The number of amides is 1. The first-order valence-electron chi connectivity index (χ1n) is 6.51. The summed E-state index contributed by atoms with van der Waals surface area (Å²) < 4.78 is 0. The predicted molar refractivity (Wildman–Crippen MR) is 79.1 cm³/mol. The summed E-state index contributed by atoms with van der Waals surface area (Å²) in [5.74, 6) is 0.478. The molecule has 0 aliphatic heterocycles. The fourth-order valence-corrected chi connectivity index (χ4v) is 2.74. The van der Waals surface area contributed by atoms with E-state index in [-0.39, 0.29) is 11.3 Å². The summed E-state index contributed by atoms with van der Waals surface area (Å²) in [6.07, 6.45) is 0. The number of hydrogen-bond acceptors (Lipinski definition) is 2. The number of hydrogen-bond donors (Lipinski definition) is 0. The third kappa shape index (κ3) is 3.77.